The van der Waals surface area contributed by atoms with Gasteiger partial charge in [-0.15, -0.1) is 0 Å². The maximum absolute atomic E-state index is 10.2. The number of benzene rings is 1. The van der Waals surface area contributed by atoms with E-state index >= 15 is 0 Å². The van der Waals surface area contributed by atoms with Crippen molar-refractivity contribution in [1.82, 2.24) is 9.88 Å². The molecule has 2 aromatic rings. The zero-order valence-corrected chi connectivity index (χ0v) is 12.7. The molecular formula is C17H23N3O2. The van der Waals surface area contributed by atoms with Gasteiger partial charge in [0.25, 0.3) is 0 Å². The highest BCUT2D eigenvalue weighted by Gasteiger charge is 2.19. The Morgan fingerprint density at radius 3 is 2.91 bits per heavy atom. The number of hydrogen-bond acceptors (Lipinski definition) is 5. The van der Waals surface area contributed by atoms with Gasteiger partial charge in [-0.2, -0.15) is 0 Å². The molecule has 1 aromatic heterocycles. The highest BCUT2D eigenvalue weighted by molar-refractivity contribution is 5.84. The number of nitrogens with two attached hydrogens (primary N) is 1. The summed E-state index contributed by atoms with van der Waals surface area (Å²) in [5.74, 6) is 0.769. The van der Waals surface area contributed by atoms with E-state index in [1.54, 1.807) is 6.20 Å². The number of aliphatic hydroxyl groups excluding tert-OH is 1. The van der Waals surface area contributed by atoms with Crippen LogP contribution in [-0.4, -0.2) is 53.4 Å². The van der Waals surface area contributed by atoms with Crippen molar-refractivity contribution in [2.24, 2.45) is 5.73 Å². The smallest absolute Gasteiger partial charge is 0.128 e. The molecule has 1 aromatic carbocycles. The fourth-order valence-electron chi connectivity index (χ4n) is 2.87. The third-order valence-electron chi connectivity index (χ3n) is 4.14. The van der Waals surface area contributed by atoms with Crippen molar-refractivity contribution in [1.29, 1.82) is 0 Å². The second-order valence-corrected chi connectivity index (χ2v) is 5.93. The molecule has 5 nitrogen and oxygen atoms in total. The van der Waals surface area contributed by atoms with Crippen molar-refractivity contribution in [3.8, 4) is 5.75 Å². The Hall–Kier alpha value is -1.69. The minimum Gasteiger partial charge on any atom is -0.490 e. The van der Waals surface area contributed by atoms with Crippen molar-refractivity contribution in [3.63, 3.8) is 0 Å². The SMILES string of the molecule is NC1CCN(CC(O)COc2cccc3ncccc23)CC1. The molecule has 1 saturated heterocycles. The molecule has 1 unspecified atom stereocenters. The molecule has 0 amide bonds. The minimum absolute atomic E-state index is 0.288. The number of β-amino-alcohol motifs (C(OH)–C–C–N with tert-alkyl or cyclic N) is 1. The third-order valence-corrected chi connectivity index (χ3v) is 4.14. The van der Waals surface area contributed by atoms with E-state index in [1.165, 1.54) is 0 Å². The van der Waals surface area contributed by atoms with Gasteiger partial charge in [-0.05, 0) is 50.2 Å². The first-order valence-corrected chi connectivity index (χ1v) is 7.85. The summed E-state index contributed by atoms with van der Waals surface area (Å²) in [5, 5.41) is 11.2. The molecule has 1 aliphatic heterocycles. The highest BCUT2D eigenvalue weighted by Crippen LogP contribution is 2.23. The molecule has 0 radical (unpaired) electrons. The van der Waals surface area contributed by atoms with Gasteiger partial charge in [-0.1, -0.05) is 6.07 Å². The van der Waals surface area contributed by atoms with Gasteiger partial charge in [0.2, 0.25) is 0 Å². The number of rotatable bonds is 5. The van der Waals surface area contributed by atoms with E-state index in [0.29, 0.717) is 12.6 Å². The van der Waals surface area contributed by atoms with Gasteiger partial charge in [-0.25, -0.2) is 0 Å². The number of ether oxygens (including phenoxy) is 1. The summed E-state index contributed by atoms with van der Waals surface area (Å²) in [6.45, 7) is 2.83. The van der Waals surface area contributed by atoms with E-state index in [-0.39, 0.29) is 6.61 Å². The first-order valence-electron chi connectivity index (χ1n) is 7.85. The number of pyridine rings is 1. The Morgan fingerprint density at radius 1 is 1.27 bits per heavy atom. The first-order chi connectivity index (χ1) is 10.7. The van der Waals surface area contributed by atoms with Crippen LogP contribution in [0, 0.1) is 0 Å². The van der Waals surface area contributed by atoms with E-state index in [9.17, 15) is 5.11 Å². The zero-order chi connectivity index (χ0) is 15.4. The second kappa shape index (κ2) is 7.05. The standard InChI is InChI=1S/C17H23N3O2/c18-13-6-9-20(10-7-13)11-14(21)12-22-17-5-1-4-16-15(17)3-2-8-19-16/h1-5,8,13-14,21H,6-7,9-12,18H2. The molecule has 0 aliphatic carbocycles. The fraction of sp³-hybridized carbons (Fsp3) is 0.471. The van der Waals surface area contributed by atoms with Crippen LogP contribution in [0.3, 0.4) is 0 Å². The van der Waals surface area contributed by atoms with E-state index in [1.807, 2.05) is 30.3 Å². The number of aliphatic hydroxyl groups is 1. The Kier molecular flexibility index (Phi) is 4.87. The predicted molar refractivity (Wildman–Crippen MR) is 86.9 cm³/mol. The van der Waals surface area contributed by atoms with Gasteiger partial charge in [0.05, 0.1) is 5.52 Å². The van der Waals surface area contributed by atoms with Crippen LogP contribution in [0.2, 0.25) is 0 Å². The number of nitrogens with zero attached hydrogens (tertiary/aromatic N) is 2. The quantitative estimate of drug-likeness (QED) is 0.873. The average molecular weight is 301 g/mol. The molecule has 3 N–H and O–H groups in total. The van der Waals surface area contributed by atoms with E-state index < -0.39 is 6.10 Å². The topological polar surface area (TPSA) is 71.6 Å². The number of hydrogen-bond donors (Lipinski definition) is 2. The Morgan fingerprint density at radius 2 is 2.09 bits per heavy atom. The fourth-order valence-corrected chi connectivity index (χ4v) is 2.87. The summed E-state index contributed by atoms with van der Waals surface area (Å²) < 4.78 is 5.80. The van der Waals surface area contributed by atoms with Gasteiger partial charge in [0.15, 0.2) is 0 Å². The molecule has 3 rings (SSSR count). The van der Waals surface area contributed by atoms with Crippen LogP contribution in [0.25, 0.3) is 10.9 Å². The maximum Gasteiger partial charge on any atom is 0.128 e. The summed E-state index contributed by atoms with van der Waals surface area (Å²) in [6, 6.07) is 9.97. The lowest BCUT2D eigenvalue weighted by atomic mass is 10.1. The summed E-state index contributed by atoms with van der Waals surface area (Å²) in [4.78, 5) is 6.56. The second-order valence-electron chi connectivity index (χ2n) is 5.93. The molecule has 2 heterocycles. The van der Waals surface area contributed by atoms with Crippen LogP contribution in [-0.2, 0) is 0 Å². The maximum atomic E-state index is 10.2. The molecule has 1 fully saturated rings. The van der Waals surface area contributed by atoms with Crippen molar-refractivity contribution >= 4 is 10.9 Å². The Balaban J connectivity index is 1.55. The summed E-state index contributed by atoms with van der Waals surface area (Å²) in [5.41, 5.74) is 6.80. The molecule has 1 atom stereocenters. The molecule has 0 spiro atoms. The number of aromatic nitrogens is 1. The normalized spacial score (nSPS) is 18.5. The Bertz CT molecular complexity index is 606. The van der Waals surface area contributed by atoms with Crippen LogP contribution in [0.4, 0.5) is 0 Å². The van der Waals surface area contributed by atoms with Crippen LogP contribution < -0.4 is 10.5 Å². The lowest BCUT2D eigenvalue weighted by Gasteiger charge is -2.31. The largest absolute Gasteiger partial charge is 0.490 e. The van der Waals surface area contributed by atoms with Crippen LogP contribution in [0.5, 0.6) is 5.75 Å². The van der Waals surface area contributed by atoms with Gasteiger partial charge in [0, 0.05) is 24.2 Å². The summed E-state index contributed by atoms with van der Waals surface area (Å²) in [7, 11) is 0. The lowest BCUT2D eigenvalue weighted by molar-refractivity contribution is 0.0602. The summed E-state index contributed by atoms with van der Waals surface area (Å²) in [6.07, 6.45) is 3.27. The van der Waals surface area contributed by atoms with Gasteiger partial charge in [-0.3, -0.25) is 4.98 Å². The molecule has 5 heteroatoms. The van der Waals surface area contributed by atoms with E-state index in [0.717, 1.165) is 42.6 Å². The molecule has 118 valence electrons. The Labute approximate surface area is 130 Å². The van der Waals surface area contributed by atoms with Gasteiger partial charge < -0.3 is 20.5 Å². The molecule has 0 bridgehead atoms. The van der Waals surface area contributed by atoms with Gasteiger partial charge >= 0.3 is 0 Å². The van der Waals surface area contributed by atoms with Crippen molar-refractivity contribution in [2.45, 2.75) is 25.0 Å². The van der Waals surface area contributed by atoms with Crippen molar-refractivity contribution in [2.75, 3.05) is 26.2 Å². The van der Waals surface area contributed by atoms with Gasteiger partial charge in [0.1, 0.15) is 18.5 Å². The van der Waals surface area contributed by atoms with Crippen LogP contribution >= 0.6 is 0 Å². The monoisotopic (exact) mass is 301 g/mol. The molecule has 0 saturated carbocycles. The first kappa shape index (κ1) is 15.2. The number of likely N-dealkylation sites (tertiary alicyclic amines) is 1. The average Bonchev–Trinajstić information content (AvgIpc) is 2.55. The molecule has 22 heavy (non-hydrogen) atoms. The van der Waals surface area contributed by atoms with Crippen LogP contribution in [0.15, 0.2) is 36.5 Å². The number of piperidine rings is 1. The van der Waals surface area contributed by atoms with Crippen LogP contribution in [0.1, 0.15) is 12.8 Å². The van der Waals surface area contributed by atoms with E-state index in [4.69, 9.17) is 10.5 Å². The number of fused-ring (bicyclic) bond motifs is 1. The summed E-state index contributed by atoms with van der Waals surface area (Å²) >= 11 is 0. The molecular weight excluding hydrogens is 278 g/mol. The van der Waals surface area contributed by atoms with Crippen molar-refractivity contribution in [3.05, 3.63) is 36.5 Å². The van der Waals surface area contributed by atoms with Crippen molar-refractivity contribution < 1.29 is 9.84 Å². The third kappa shape index (κ3) is 3.74. The zero-order valence-electron chi connectivity index (χ0n) is 12.7. The molecule has 1 aliphatic rings. The highest BCUT2D eigenvalue weighted by atomic mass is 16.5. The van der Waals surface area contributed by atoms with E-state index in [2.05, 4.69) is 9.88 Å². The minimum atomic E-state index is -0.499. The predicted octanol–water partition coefficient (Wildman–Crippen LogP) is 1.40. The lowest BCUT2D eigenvalue weighted by Crippen LogP contribution is -2.44.